The molecule has 9 atom stereocenters. The van der Waals surface area contributed by atoms with Gasteiger partial charge in [-0.15, -0.1) is 0 Å². The van der Waals surface area contributed by atoms with Crippen LogP contribution in [-0.4, -0.2) is 35.0 Å². The molecule has 4 heteroatoms. The van der Waals surface area contributed by atoms with E-state index >= 15 is 0 Å². The quantitative estimate of drug-likeness (QED) is 0.736. The van der Waals surface area contributed by atoms with Crippen molar-refractivity contribution in [2.75, 3.05) is 6.61 Å². The van der Waals surface area contributed by atoms with Crippen LogP contribution in [0.25, 0.3) is 0 Å². The van der Waals surface area contributed by atoms with Gasteiger partial charge in [0.05, 0.1) is 18.8 Å². The molecule has 4 fully saturated rings. The Kier molecular flexibility index (Phi) is 4.67. The molecule has 4 aliphatic rings. The van der Waals surface area contributed by atoms with Gasteiger partial charge in [0.1, 0.15) is 0 Å². The Balaban J connectivity index is 1.69. The zero-order chi connectivity index (χ0) is 18.7. The number of carbonyl (C=O) groups is 1. The first-order valence-corrected chi connectivity index (χ1v) is 10.8. The highest BCUT2D eigenvalue weighted by Crippen LogP contribution is 2.67. The Hall–Kier alpha value is -0.610. The molecule has 0 spiro atoms. The van der Waals surface area contributed by atoms with Gasteiger partial charge in [0.15, 0.2) is 0 Å². The molecule has 0 amide bonds. The Morgan fingerprint density at radius 3 is 2.54 bits per heavy atom. The second-order valence-electron chi connectivity index (χ2n) is 10.3. The highest BCUT2D eigenvalue weighted by Gasteiger charge is 2.63. The third-order valence-electron chi connectivity index (χ3n) is 9.21. The van der Waals surface area contributed by atoms with Crippen LogP contribution in [0.5, 0.6) is 0 Å². The number of aliphatic hydroxyl groups is 2. The molecular weight excluding hydrogens is 328 g/mol. The maximum atomic E-state index is 11.6. The molecule has 2 N–H and O–H groups in total. The van der Waals surface area contributed by atoms with Crippen molar-refractivity contribution in [1.82, 2.24) is 0 Å². The van der Waals surface area contributed by atoms with E-state index in [1.807, 2.05) is 0 Å². The van der Waals surface area contributed by atoms with Gasteiger partial charge in [0.25, 0.3) is 0 Å². The van der Waals surface area contributed by atoms with Crippen molar-refractivity contribution in [3.8, 4) is 0 Å². The van der Waals surface area contributed by atoms with Crippen LogP contribution in [-0.2, 0) is 9.53 Å². The topological polar surface area (TPSA) is 66.8 Å². The van der Waals surface area contributed by atoms with Gasteiger partial charge in [0, 0.05) is 12.3 Å². The zero-order valence-corrected chi connectivity index (χ0v) is 16.6. The highest BCUT2D eigenvalue weighted by molar-refractivity contribution is 5.65. The molecular formula is C22H36O4. The van der Waals surface area contributed by atoms with E-state index in [0.29, 0.717) is 36.2 Å². The summed E-state index contributed by atoms with van der Waals surface area (Å²) < 4.78 is 5.66. The van der Waals surface area contributed by atoms with Crippen LogP contribution in [0.2, 0.25) is 0 Å². The summed E-state index contributed by atoms with van der Waals surface area (Å²) in [6.45, 7) is 6.69. The van der Waals surface area contributed by atoms with Gasteiger partial charge in [-0.25, -0.2) is 0 Å². The van der Waals surface area contributed by atoms with E-state index in [1.165, 1.54) is 13.3 Å². The normalized spacial score (nSPS) is 53.3. The fourth-order valence-corrected chi connectivity index (χ4v) is 7.94. The molecule has 0 radical (unpaired) electrons. The molecule has 0 aromatic heterocycles. The van der Waals surface area contributed by atoms with E-state index in [9.17, 15) is 15.0 Å². The maximum Gasteiger partial charge on any atom is 0.302 e. The molecule has 0 aliphatic heterocycles. The fourth-order valence-electron chi connectivity index (χ4n) is 7.94. The summed E-state index contributed by atoms with van der Waals surface area (Å²) in [4.78, 5) is 11.6. The lowest BCUT2D eigenvalue weighted by Gasteiger charge is -2.63. The number of rotatable bonds is 2. The second kappa shape index (κ2) is 6.48. The number of hydrogen-bond acceptors (Lipinski definition) is 4. The predicted octanol–water partition coefficient (Wildman–Crippen LogP) is 3.54. The lowest BCUT2D eigenvalue weighted by Crippen LogP contribution is -2.59. The first kappa shape index (κ1) is 18.7. The van der Waals surface area contributed by atoms with E-state index in [1.54, 1.807) is 0 Å². The summed E-state index contributed by atoms with van der Waals surface area (Å²) in [7, 11) is 0. The minimum Gasteiger partial charge on any atom is -0.465 e. The van der Waals surface area contributed by atoms with Crippen molar-refractivity contribution in [2.24, 2.45) is 40.4 Å². The molecule has 0 aromatic carbocycles. The second-order valence-corrected chi connectivity index (χ2v) is 10.3. The van der Waals surface area contributed by atoms with E-state index in [-0.39, 0.29) is 29.0 Å². The monoisotopic (exact) mass is 364 g/mol. The van der Waals surface area contributed by atoms with Crippen LogP contribution >= 0.6 is 0 Å². The number of esters is 1. The van der Waals surface area contributed by atoms with Gasteiger partial charge in [-0.05, 0) is 86.4 Å². The van der Waals surface area contributed by atoms with Crippen molar-refractivity contribution in [3.63, 3.8) is 0 Å². The van der Waals surface area contributed by atoms with Crippen molar-refractivity contribution in [3.05, 3.63) is 0 Å². The van der Waals surface area contributed by atoms with Gasteiger partial charge < -0.3 is 14.9 Å². The summed E-state index contributed by atoms with van der Waals surface area (Å²) in [5.41, 5.74) is 0.104. The first-order chi connectivity index (χ1) is 12.3. The van der Waals surface area contributed by atoms with Crippen molar-refractivity contribution in [1.29, 1.82) is 0 Å². The third kappa shape index (κ3) is 2.66. The molecule has 4 rings (SSSR count). The zero-order valence-electron chi connectivity index (χ0n) is 16.6. The lowest BCUT2D eigenvalue weighted by molar-refractivity contribution is -0.188. The summed E-state index contributed by atoms with van der Waals surface area (Å²) in [6, 6.07) is 0. The Morgan fingerprint density at radius 2 is 1.81 bits per heavy atom. The highest BCUT2D eigenvalue weighted by atomic mass is 16.5. The number of fused-ring (bicyclic) bond motifs is 5. The average molecular weight is 365 g/mol. The van der Waals surface area contributed by atoms with Gasteiger partial charge in [-0.2, -0.15) is 0 Å². The Bertz CT molecular complexity index is 562. The Morgan fingerprint density at radius 1 is 1.04 bits per heavy atom. The van der Waals surface area contributed by atoms with Crippen LogP contribution in [0.4, 0.5) is 0 Å². The lowest BCUT2D eigenvalue weighted by atomic mass is 9.43. The molecule has 148 valence electrons. The smallest absolute Gasteiger partial charge is 0.302 e. The molecule has 0 saturated heterocycles. The molecule has 0 aromatic rings. The Labute approximate surface area is 157 Å². The van der Waals surface area contributed by atoms with Gasteiger partial charge >= 0.3 is 5.97 Å². The standard InChI is InChI=1S/C22H36O4/c1-13-10-16-17-4-5-20(25)21(17,3)8-7-18(16)22(12-26-14(2)23)9-6-15(24)11-19(13)22/h13,15-20,24-25H,4-12H2,1-3H3/t13-,15-,16+,17+,18+,19-,20+,21+,22+/m1/s1. The third-order valence-corrected chi connectivity index (χ3v) is 9.21. The van der Waals surface area contributed by atoms with Crippen molar-refractivity contribution >= 4 is 5.97 Å². The summed E-state index contributed by atoms with van der Waals surface area (Å²) in [6.07, 6.45) is 7.82. The predicted molar refractivity (Wildman–Crippen MR) is 99.2 cm³/mol. The van der Waals surface area contributed by atoms with Gasteiger partial charge in [-0.1, -0.05) is 13.8 Å². The average Bonchev–Trinajstić information content (AvgIpc) is 2.90. The molecule has 26 heavy (non-hydrogen) atoms. The maximum absolute atomic E-state index is 11.6. The van der Waals surface area contributed by atoms with Gasteiger partial charge in [0.2, 0.25) is 0 Å². The number of carbonyl (C=O) groups excluding carboxylic acids is 1. The minimum atomic E-state index is -0.202. The van der Waals surface area contributed by atoms with Crippen molar-refractivity contribution in [2.45, 2.75) is 84.3 Å². The largest absolute Gasteiger partial charge is 0.465 e. The van der Waals surface area contributed by atoms with Crippen LogP contribution in [0.1, 0.15) is 72.1 Å². The van der Waals surface area contributed by atoms with Crippen LogP contribution < -0.4 is 0 Å². The minimum absolute atomic E-state index is 0.0299. The molecule has 0 bridgehead atoms. The van der Waals surface area contributed by atoms with Crippen molar-refractivity contribution < 1.29 is 19.7 Å². The van der Waals surface area contributed by atoms with E-state index in [2.05, 4.69) is 13.8 Å². The fraction of sp³-hybridized carbons (Fsp3) is 0.955. The molecule has 0 heterocycles. The number of ether oxygens (including phenoxy) is 1. The molecule has 4 saturated carbocycles. The first-order valence-electron chi connectivity index (χ1n) is 10.8. The number of hydrogen-bond donors (Lipinski definition) is 2. The molecule has 0 unspecified atom stereocenters. The van der Waals surface area contributed by atoms with Crippen LogP contribution in [0.15, 0.2) is 0 Å². The van der Waals surface area contributed by atoms with E-state index in [0.717, 1.165) is 44.9 Å². The summed E-state index contributed by atoms with van der Waals surface area (Å²) in [5, 5.41) is 21.0. The summed E-state index contributed by atoms with van der Waals surface area (Å²) >= 11 is 0. The SMILES string of the molecule is CC(=O)OC[C@]12CC[C@@H](O)C[C@@H]1[C@H](C)C[C@H]1[C@@H]3CC[C@H](O)[C@@]3(C)CC[C@@H]12. The molecule has 4 aliphatic carbocycles. The van der Waals surface area contributed by atoms with E-state index in [4.69, 9.17) is 4.74 Å². The molecule has 4 nitrogen and oxygen atoms in total. The van der Waals surface area contributed by atoms with Crippen LogP contribution in [0.3, 0.4) is 0 Å². The number of aliphatic hydroxyl groups excluding tert-OH is 2. The van der Waals surface area contributed by atoms with Crippen LogP contribution in [0, 0.1) is 40.4 Å². The van der Waals surface area contributed by atoms with Gasteiger partial charge in [-0.3, -0.25) is 4.79 Å². The summed E-state index contributed by atoms with van der Waals surface area (Å²) in [5.74, 6) is 2.60. The van der Waals surface area contributed by atoms with E-state index < -0.39 is 0 Å².